The number of nitrogens with zero attached hydrogens (tertiary/aromatic N) is 2. The van der Waals surface area contributed by atoms with E-state index in [9.17, 15) is 36.0 Å². The summed E-state index contributed by atoms with van der Waals surface area (Å²) >= 11 is 9.23. The van der Waals surface area contributed by atoms with Crippen LogP contribution in [0.15, 0.2) is 43.2 Å². The van der Waals surface area contributed by atoms with E-state index >= 15 is 0 Å². The molecule has 2 heterocycles. The van der Waals surface area contributed by atoms with Crippen LogP contribution in [0.5, 0.6) is 0 Å². The molecule has 1 fully saturated rings. The van der Waals surface area contributed by atoms with Gasteiger partial charge in [0.15, 0.2) is 9.84 Å². The molecule has 216 valence electrons. The van der Waals surface area contributed by atoms with Gasteiger partial charge in [-0.1, -0.05) is 18.5 Å². The number of hydrogen-bond acceptors (Lipinski definition) is 6. The Bertz CT molecular complexity index is 1720. The van der Waals surface area contributed by atoms with E-state index in [2.05, 4.69) is 26.2 Å². The summed E-state index contributed by atoms with van der Waals surface area (Å²) in [5.41, 5.74) is -3.24. The number of H-pyrrole nitrogens is 1. The van der Waals surface area contributed by atoms with Crippen LogP contribution in [0, 0.1) is 0 Å². The lowest BCUT2D eigenvalue weighted by molar-refractivity contribution is -0.138. The van der Waals surface area contributed by atoms with Gasteiger partial charge in [0.25, 0.3) is 5.56 Å². The van der Waals surface area contributed by atoms with E-state index in [-0.39, 0.29) is 55.3 Å². The van der Waals surface area contributed by atoms with Crippen LogP contribution in [0.1, 0.15) is 37.0 Å². The molecule has 1 atom stereocenters. The summed E-state index contributed by atoms with van der Waals surface area (Å²) in [6.07, 6.45) is -4.27. The molecular weight excluding hydrogens is 641 g/mol. The minimum atomic E-state index is -4.83. The molecular formula is C25H25BrClF3N4O5S. The lowest BCUT2D eigenvalue weighted by atomic mass is 10.0. The molecule has 1 saturated heterocycles. The quantitative estimate of drug-likeness (QED) is 0.398. The second-order valence-electron chi connectivity index (χ2n) is 9.54. The number of halogens is 5. The molecule has 1 unspecified atom stereocenters. The second-order valence-corrected chi connectivity index (χ2v) is 13.0. The van der Waals surface area contributed by atoms with Crippen molar-refractivity contribution in [1.29, 1.82) is 0 Å². The largest absolute Gasteiger partial charge is 0.416 e. The molecule has 1 aliphatic heterocycles. The minimum Gasteiger partial charge on any atom is -0.352 e. The topological polar surface area (TPSA) is 121 Å². The Morgan fingerprint density at radius 3 is 2.55 bits per heavy atom. The summed E-state index contributed by atoms with van der Waals surface area (Å²) in [5, 5.41) is 2.51. The van der Waals surface area contributed by atoms with Gasteiger partial charge in [0.05, 0.1) is 33.7 Å². The zero-order valence-corrected chi connectivity index (χ0v) is 24.5. The van der Waals surface area contributed by atoms with Gasteiger partial charge in [-0.05, 0) is 57.7 Å². The van der Waals surface area contributed by atoms with Gasteiger partial charge in [-0.3, -0.25) is 19.1 Å². The number of carbonyl (C=O) groups excluding carboxylic acids is 1. The smallest absolute Gasteiger partial charge is 0.352 e. The Labute approximate surface area is 240 Å². The van der Waals surface area contributed by atoms with Crippen LogP contribution in [-0.4, -0.2) is 53.7 Å². The molecule has 1 aromatic heterocycles. The van der Waals surface area contributed by atoms with Gasteiger partial charge in [0.1, 0.15) is 0 Å². The molecule has 4 rings (SSSR count). The first-order valence-electron chi connectivity index (χ1n) is 12.2. The normalized spacial score (nSPS) is 16.5. The van der Waals surface area contributed by atoms with Gasteiger partial charge in [-0.25, -0.2) is 13.2 Å². The molecule has 0 radical (unpaired) electrons. The predicted octanol–water partition coefficient (Wildman–Crippen LogP) is 3.68. The van der Waals surface area contributed by atoms with Crippen LogP contribution >= 0.6 is 27.5 Å². The highest BCUT2D eigenvalue weighted by molar-refractivity contribution is 9.10. The van der Waals surface area contributed by atoms with E-state index in [1.807, 2.05) is 0 Å². The highest BCUT2D eigenvalue weighted by Crippen LogP contribution is 2.39. The lowest BCUT2D eigenvalue weighted by Crippen LogP contribution is -2.36. The van der Waals surface area contributed by atoms with Crippen LogP contribution in [0.25, 0.3) is 10.9 Å². The molecule has 0 bridgehead atoms. The zero-order chi connectivity index (χ0) is 29.6. The first-order chi connectivity index (χ1) is 18.6. The standard InChI is InChI=1S/C25H25BrClF3N4O5S/c1-3-40(38,39)20-5-4-15(27)8-14(20)10-34-23(36)17-9-19(25(28,29)30)18(21(26)22(17)32-24(34)37)12-33-7-6-16(11-33)31-13(2)35/h4-5,8-9,16H,3,6-7,10-12H2,1-2H3,(H,31,35)(H,32,37). The summed E-state index contributed by atoms with van der Waals surface area (Å²) in [5.74, 6) is -0.488. The average Bonchev–Trinajstić information content (AvgIpc) is 3.29. The third-order valence-corrected chi connectivity index (χ3v) is 9.69. The average molecular weight is 666 g/mol. The molecule has 0 aliphatic carbocycles. The van der Waals surface area contributed by atoms with Crippen molar-refractivity contribution in [2.24, 2.45) is 0 Å². The van der Waals surface area contributed by atoms with Crippen molar-refractivity contribution in [3.63, 3.8) is 0 Å². The number of alkyl halides is 3. The third-order valence-electron chi connectivity index (χ3n) is 6.75. The fourth-order valence-electron chi connectivity index (χ4n) is 4.85. The number of rotatable bonds is 7. The SMILES string of the molecule is CCS(=O)(=O)c1ccc(Cl)cc1Cn1c(=O)[nH]c2c(Br)c(CN3CCC(NC(C)=O)C3)c(C(F)(F)F)cc2c1=O. The molecule has 1 aliphatic rings. The van der Waals surface area contributed by atoms with E-state index < -0.39 is 44.8 Å². The van der Waals surface area contributed by atoms with Crippen LogP contribution < -0.4 is 16.6 Å². The number of fused-ring (bicyclic) bond motifs is 1. The van der Waals surface area contributed by atoms with Gasteiger partial charge in [0.2, 0.25) is 5.91 Å². The second kappa shape index (κ2) is 11.3. The van der Waals surface area contributed by atoms with Crippen LogP contribution in [0.4, 0.5) is 13.2 Å². The number of hydrogen-bond donors (Lipinski definition) is 2. The number of benzene rings is 2. The summed E-state index contributed by atoms with van der Waals surface area (Å²) in [7, 11) is -3.77. The van der Waals surface area contributed by atoms with Crippen molar-refractivity contribution < 1.29 is 26.4 Å². The molecule has 9 nitrogen and oxygen atoms in total. The Kier molecular flexibility index (Phi) is 8.56. The van der Waals surface area contributed by atoms with E-state index in [0.717, 1.165) is 0 Å². The first-order valence-corrected chi connectivity index (χ1v) is 15.0. The fourth-order valence-corrected chi connectivity index (χ4v) is 6.81. The van der Waals surface area contributed by atoms with Gasteiger partial charge in [-0.15, -0.1) is 0 Å². The van der Waals surface area contributed by atoms with Gasteiger partial charge in [0, 0.05) is 42.1 Å². The van der Waals surface area contributed by atoms with Crippen molar-refractivity contribution in [3.8, 4) is 0 Å². The van der Waals surface area contributed by atoms with Gasteiger partial charge in [-0.2, -0.15) is 13.2 Å². The van der Waals surface area contributed by atoms with Crippen molar-refractivity contribution in [2.45, 2.75) is 50.5 Å². The maximum Gasteiger partial charge on any atom is 0.416 e. The molecule has 0 spiro atoms. The summed E-state index contributed by atoms with van der Waals surface area (Å²) in [4.78, 5) is 41.9. The van der Waals surface area contributed by atoms with E-state index in [4.69, 9.17) is 11.6 Å². The molecule has 40 heavy (non-hydrogen) atoms. The van der Waals surface area contributed by atoms with Crippen LogP contribution in [-0.2, 0) is 33.9 Å². The summed E-state index contributed by atoms with van der Waals surface area (Å²) in [6.45, 7) is 2.89. The van der Waals surface area contributed by atoms with E-state index in [1.165, 1.54) is 32.0 Å². The van der Waals surface area contributed by atoms with Gasteiger partial charge < -0.3 is 10.3 Å². The van der Waals surface area contributed by atoms with Crippen LogP contribution in [0.2, 0.25) is 5.02 Å². The lowest BCUT2D eigenvalue weighted by Gasteiger charge is -2.22. The minimum absolute atomic E-state index is 0.0517. The Hall–Kier alpha value is -2.68. The maximum absolute atomic E-state index is 14.2. The molecule has 0 saturated carbocycles. The van der Waals surface area contributed by atoms with Crippen LogP contribution in [0.3, 0.4) is 0 Å². The summed E-state index contributed by atoms with van der Waals surface area (Å²) < 4.78 is 68.5. The number of aromatic amines is 1. The number of aromatic nitrogens is 2. The summed E-state index contributed by atoms with van der Waals surface area (Å²) in [6, 6.07) is 4.41. The Morgan fingerprint density at radius 1 is 1.23 bits per heavy atom. The third kappa shape index (κ3) is 6.14. The monoisotopic (exact) mass is 664 g/mol. The van der Waals surface area contributed by atoms with Crippen molar-refractivity contribution in [2.75, 3.05) is 18.8 Å². The molecule has 2 N–H and O–H groups in total. The number of amides is 1. The maximum atomic E-state index is 14.2. The highest BCUT2D eigenvalue weighted by Gasteiger charge is 2.37. The number of likely N-dealkylation sites (tertiary alicyclic amines) is 1. The fraction of sp³-hybridized carbons (Fsp3) is 0.400. The van der Waals surface area contributed by atoms with Crippen molar-refractivity contribution >= 4 is 54.2 Å². The molecule has 3 aromatic rings. The number of nitrogens with one attached hydrogen (secondary N) is 2. The highest BCUT2D eigenvalue weighted by atomic mass is 79.9. The Balaban J connectivity index is 1.84. The number of carbonyl (C=O) groups is 1. The molecule has 15 heteroatoms. The van der Waals surface area contributed by atoms with E-state index in [0.29, 0.717) is 30.1 Å². The molecule has 2 aromatic carbocycles. The first kappa shape index (κ1) is 30.3. The Morgan fingerprint density at radius 2 is 1.93 bits per heavy atom. The van der Waals surface area contributed by atoms with Crippen molar-refractivity contribution in [3.05, 3.63) is 71.3 Å². The van der Waals surface area contributed by atoms with E-state index in [1.54, 1.807) is 4.90 Å². The van der Waals surface area contributed by atoms with Gasteiger partial charge >= 0.3 is 11.9 Å². The number of sulfone groups is 1. The zero-order valence-electron chi connectivity index (χ0n) is 21.4. The predicted molar refractivity (Wildman–Crippen MR) is 147 cm³/mol. The van der Waals surface area contributed by atoms with Crippen molar-refractivity contribution in [1.82, 2.24) is 19.8 Å². The molecule has 1 amide bonds.